The molecule has 0 aliphatic carbocycles. The number of ether oxygens (including phenoxy) is 1. The third-order valence-corrected chi connectivity index (χ3v) is 1.56. The van der Waals surface area contributed by atoms with Crippen molar-refractivity contribution in [2.75, 3.05) is 0 Å². The topological polar surface area (TPSA) is 39.2 Å². The van der Waals surface area contributed by atoms with Crippen molar-refractivity contribution in [3.8, 4) is 5.75 Å². The van der Waals surface area contributed by atoms with Crippen LogP contribution in [-0.4, -0.2) is 17.6 Å². The summed E-state index contributed by atoms with van der Waals surface area (Å²) in [4.78, 5) is 12.9. The molecule has 0 atom stereocenters. The fraction of sp³-hybridized carbons (Fsp3) is 0.250. The standard InChI is InChI=1S/C8H3F6NO2/c9-6(10)5-3(2-16)1-4(7(11)15-5)17-8(12,13)14/h1-2,6H. The molecule has 0 saturated carbocycles. The number of carbonyl (C=O) groups excluding carboxylic acids is 1. The third kappa shape index (κ3) is 3.33. The van der Waals surface area contributed by atoms with E-state index in [2.05, 4.69) is 9.72 Å². The van der Waals surface area contributed by atoms with Crippen LogP contribution in [0.3, 0.4) is 0 Å². The zero-order valence-corrected chi connectivity index (χ0v) is 7.76. The highest BCUT2D eigenvalue weighted by Gasteiger charge is 2.33. The van der Waals surface area contributed by atoms with E-state index in [1.807, 2.05) is 0 Å². The fourth-order valence-corrected chi connectivity index (χ4v) is 0.966. The molecule has 0 aliphatic rings. The highest BCUT2D eigenvalue weighted by molar-refractivity contribution is 5.77. The first-order valence-electron chi connectivity index (χ1n) is 3.94. The number of pyridine rings is 1. The van der Waals surface area contributed by atoms with Crippen molar-refractivity contribution in [2.24, 2.45) is 0 Å². The van der Waals surface area contributed by atoms with E-state index < -0.39 is 35.7 Å². The maximum Gasteiger partial charge on any atom is 0.573 e. The number of alkyl halides is 5. The van der Waals surface area contributed by atoms with Gasteiger partial charge in [0.1, 0.15) is 5.69 Å². The second kappa shape index (κ2) is 4.60. The van der Waals surface area contributed by atoms with Gasteiger partial charge in [0.2, 0.25) is 0 Å². The molecular formula is C8H3F6NO2. The molecule has 0 saturated heterocycles. The Bertz CT molecular complexity index is 431. The van der Waals surface area contributed by atoms with Crippen LogP contribution in [0.5, 0.6) is 5.75 Å². The molecule has 0 aromatic carbocycles. The summed E-state index contributed by atoms with van der Waals surface area (Å²) in [6.07, 6.45) is -8.67. The van der Waals surface area contributed by atoms with Gasteiger partial charge in [-0.3, -0.25) is 4.79 Å². The quantitative estimate of drug-likeness (QED) is 0.476. The largest absolute Gasteiger partial charge is 0.573 e. The number of aromatic nitrogens is 1. The first-order chi connectivity index (χ1) is 7.74. The van der Waals surface area contributed by atoms with Crippen molar-refractivity contribution < 1.29 is 35.9 Å². The van der Waals surface area contributed by atoms with Crippen molar-refractivity contribution in [3.05, 3.63) is 23.3 Å². The summed E-state index contributed by atoms with van der Waals surface area (Å²) in [5, 5.41) is 0. The Morgan fingerprint density at radius 3 is 2.35 bits per heavy atom. The van der Waals surface area contributed by atoms with Crippen molar-refractivity contribution in [2.45, 2.75) is 12.8 Å². The zero-order chi connectivity index (χ0) is 13.2. The molecule has 9 heteroatoms. The van der Waals surface area contributed by atoms with Crippen LogP contribution in [0.25, 0.3) is 0 Å². The van der Waals surface area contributed by atoms with Crippen LogP contribution in [0.15, 0.2) is 6.07 Å². The molecule has 0 unspecified atom stereocenters. The number of nitrogens with zero attached hydrogens (tertiary/aromatic N) is 1. The van der Waals surface area contributed by atoms with E-state index in [0.717, 1.165) is 0 Å². The van der Waals surface area contributed by atoms with Gasteiger partial charge in [0, 0.05) is 5.56 Å². The van der Waals surface area contributed by atoms with Gasteiger partial charge in [0.25, 0.3) is 12.4 Å². The smallest absolute Gasteiger partial charge is 0.401 e. The Balaban J connectivity index is 3.23. The minimum absolute atomic E-state index is 0.169. The Morgan fingerprint density at radius 2 is 1.94 bits per heavy atom. The molecule has 0 bridgehead atoms. The normalized spacial score (nSPS) is 11.7. The van der Waals surface area contributed by atoms with E-state index in [1.165, 1.54) is 0 Å². The summed E-state index contributed by atoms with van der Waals surface area (Å²) >= 11 is 0. The fourth-order valence-electron chi connectivity index (χ4n) is 0.966. The van der Waals surface area contributed by atoms with Crippen LogP contribution < -0.4 is 4.74 Å². The monoisotopic (exact) mass is 259 g/mol. The average Bonchev–Trinajstić information content (AvgIpc) is 2.18. The molecule has 0 spiro atoms. The molecule has 1 heterocycles. The molecule has 0 N–H and O–H groups in total. The van der Waals surface area contributed by atoms with Gasteiger partial charge in [-0.1, -0.05) is 0 Å². The van der Waals surface area contributed by atoms with Gasteiger partial charge >= 0.3 is 6.36 Å². The van der Waals surface area contributed by atoms with Crippen molar-refractivity contribution in [1.29, 1.82) is 0 Å². The second-order valence-electron chi connectivity index (χ2n) is 2.72. The number of aldehydes is 1. The minimum Gasteiger partial charge on any atom is -0.401 e. The Labute approximate surface area is 90.0 Å². The van der Waals surface area contributed by atoms with E-state index >= 15 is 0 Å². The van der Waals surface area contributed by atoms with Crippen LogP contribution in [0.2, 0.25) is 0 Å². The molecule has 3 nitrogen and oxygen atoms in total. The molecule has 0 fully saturated rings. The van der Waals surface area contributed by atoms with Gasteiger partial charge < -0.3 is 4.74 Å². The van der Waals surface area contributed by atoms with Gasteiger partial charge in [0.15, 0.2) is 12.0 Å². The number of halogens is 6. The van der Waals surface area contributed by atoms with Gasteiger partial charge in [-0.05, 0) is 6.07 Å². The summed E-state index contributed by atoms with van der Waals surface area (Å²) in [6, 6.07) is 0.213. The van der Waals surface area contributed by atoms with Crippen LogP contribution in [0, 0.1) is 5.95 Å². The first-order valence-corrected chi connectivity index (χ1v) is 3.94. The first kappa shape index (κ1) is 13.3. The number of hydrogen-bond donors (Lipinski definition) is 0. The maximum absolute atomic E-state index is 12.9. The van der Waals surface area contributed by atoms with Crippen molar-refractivity contribution >= 4 is 6.29 Å². The highest BCUT2D eigenvalue weighted by Crippen LogP contribution is 2.29. The molecule has 94 valence electrons. The third-order valence-electron chi connectivity index (χ3n) is 1.56. The van der Waals surface area contributed by atoms with Gasteiger partial charge in [-0.2, -0.15) is 4.39 Å². The average molecular weight is 259 g/mol. The van der Waals surface area contributed by atoms with E-state index in [1.54, 1.807) is 0 Å². The summed E-state index contributed by atoms with van der Waals surface area (Å²) in [6.45, 7) is 0. The predicted octanol–water partition coefficient (Wildman–Crippen LogP) is 2.87. The van der Waals surface area contributed by atoms with Crippen LogP contribution in [0.4, 0.5) is 26.3 Å². The van der Waals surface area contributed by atoms with Crippen LogP contribution >= 0.6 is 0 Å². The maximum atomic E-state index is 12.9. The Morgan fingerprint density at radius 1 is 1.35 bits per heavy atom. The van der Waals surface area contributed by atoms with E-state index in [0.29, 0.717) is 0 Å². The van der Waals surface area contributed by atoms with Crippen LogP contribution in [-0.2, 0) is 0 Å². The second-order valence-corrected chi connectivity index (χ2v) is 2.72. The lowest BCUT2D eigenvalue weighted by atomic mass is 10.2. The van der Waals surface area contributed by atoms with E-state index in [9.17, 15) is 31.1 Å². The summed E-state index contributed by atoms with van der Waals surface area (Å²) < 4.78 is 75.8. The molecule has 1 aromatic rings. The summed E-state index contributed by atoms with van der Waals surface area (Å²) in [7, 11) is 0. The minimum atomic E-state index is -5.21. The van der Waals surface area contributed by atoms with Gasteiger partial charge in [0.05, 0.1) is 0 Å². The predicted molar refractivity (Wildman–Crippen MR) is 41.2 cm³/mol. The summed E-state index contributed by atoms with van der Waals surface area (Å²) in [5.41, 5.74) is -2.12. The molecule has 17 heavy (non-hydrogen) atoms. The zero-order valence-electron chi connectivity index (χ0n) is 7.76. The van der Waals surface area contributed by atoms with E-state index in [-0.39, 0.29) is 12.4 Å². The van der Waals surface area contributed by atoms with Crippen molar-refractivity contribution in [3.63, 3.8) is 0 Å². The SMILES string of the molecule is O=Cc1cc(OC(F)(F)F)c(F)nc1C(F)F. The lowest BCUT2D eigenvalue weighted by Crippen LogP contribution is -2.19. The molecule has 0 aliphatic heterocycles. The Hall–Kier alpha value is -1.80. The molecule has 1 rings (SSSR count). The van der Waals surface area contributed by atoms with Crippen molar-refractivity contribution in [1.82, 2.24) is 4.98 Å². The number of rotatable bonds is 3. The molecule has 0 radical (unpaired) electrons. The van der Waals surface area contributed by atoms with Gasteiger partial charge in [-0.15, -0.1) is 13.2 Å². The van der Waals surface area contributed by atoms with E-state index in [4.69, 9.17) is 0 Å². The molecule has 0 amide bonds. The lowest BCUT2D eigenvalue weighted by molar-refractivity contribution is -0.275. The number of carbonyl (C=O) groups is 1. The summed E-state index contributed by atoms with van der Waals surface area (Å²) in [5.74, 6) is -3.31. The molecule has 1 aromatic heterocycles. The van der Waals surface area contributed by atoms with Crippen LogP contribution in [0.1, 0.15) is 22.5 Å². The number of hydrogen-bond acceptors (Lipinski definition) is 3. The highest BCUT2D eigenvalue weighted by atomic mass is 19.4. The van der Waals surface area contributed by atoms with Gasteiger partial charge in [-0.25, -0.2) is 13.8 Å². The molecular weight excluding hydrogens is 256 g/mol. The Kier molecular flexibility index (Phi) is 3.59. The lowest BCUT2D eigenvalue weighted by Gasteiger charge is -2.11.